The van der Waals surface area contributed by atoms with Crippen LogP contribution in [0.3, 0.4) is 0 Å². The number of ether oxygens (including phenoxy) is 1. The maximum Gasteiger partial charge on any atom is 0.416 e. The molecule has 0 aromatic heterocycles. The molecule has 3 N–H and O–H groups in total. The van der Waals surface area contributed by atoms with Gasteiger partial charge in [0, 0.05) is 36.8 Å². The summed E-state index contributed by atoms with van der Waals surface area (Å²) in [5, 5.41) is 14.1. The smallest absolute Gasteiger partial charge is 0.416 e. The van der Waals surface area contributed by atoms with Crippen LogP contribution in [0.2, 0.25) is 0 Å². The van der Waals surface area contributed by atoms with Gasteiger partial charge in [0.1, 0.15) is 5.70 Å². The van der Waals surface area contributed by atoms with Gasteiger partial charge in [0.15, 0.2) is 0 Å². The quantitative estimate of drug-likeness (QED) is 0.551. The van der Waals surface area contributed by atoms with E-state index in [1.165, 1.54) is 18.2 Å². The molecule has 0 spiro atoms. The summed E-state index contributed by atoms with van der Waals surface area (Å²) in [6.07, 6.45) is -4.05. The number of nitrogens with one attached hydrogen (secondary N) is 3. The molecular weight excluding hydrogens is 347 g/mol. The summed E-state index contributed by atoms with van der Waals surface area (Å²) in [5.41, 5.74) is -0.00702. The molecular formula is C18H22F3N3O2. The molecule has 26 heavy (non-hydrogen) atoms. The number of carbonyl (C=O) groups is 1. The Bertz CT molecular complexity index is 714. The molecule has 1 fully saturated rings. The van der Waals surface area contributed by atoms with Crippen LogP contribution in [0.5, 0.6) is 0 Å². The first-order chi connectivity index (χ1) is 12.2. The van der Waals surface area contributed by atoms with Crippen LogP contribution in [-0.4, -0.2) is 30.9 Å². The summed E-state index contributed by atoms with van der Waals surface area (Å²) in [4.78, 5) is 12.3. The molecule has 5 nitrogen and oxygen atoms in total. The van der Waals surface area contributed by atoms with Crippen molar-refractivity contribution in [3.05, 3.63) is 46.7 Å². The molecule has 0 unspecified atom stereocenters. The highest BCUT2D eigenvalue weighted by Crippen LogP contribution is 2.32. The molecule has 1 aromatic carbocycles. The highest BCUT2D eigenvalue weighted by atomic mass is 19.4. The Morgan fingerprint density at radius 1 is 1.38 bits per heavy atom. The zero-order valence-electron chi connectivity index (χ0n) is 14.7. The van der Waals surface area contributed by atoms with Gasteiger partial charge in [0.25, 0.3) is 0 Å². The normalized spacial score (nSPS) is 19.9. The fourth-order valence-corrected chi connectivity index (χ4v) is 2.76. The molecule has 0 bridgehead atoms. The first-order valence-electron chi connectivity index (χ1n) is 8.34. The second-order valence-corrected chi connectivity index (χ2v) is 6.05. The number of halogens is 3. The topological polar surface area (TPSA) is 74.2 Å². The van der Waals surface area contributed by atoms with Crippen LogP contribution in [0.4, 0.5) is 13.2 Å². The minimum atomic E-state index is -4.48. The minimum absolute atomic E-state index is 0.0195. The molecule has 1 aliphatic heterocycles. The Morgan fingerprint density at radius 2 is 2.08 bits per heavy atom. The number of piperidine rings is 1. The van der Waals surface area contributed by atoms with E-state index in [1.807, 2.05) is 6.92 Å². The maximum absolute atomic E-state index is 13.1. The Hall–Kier alpha value is -2.35. The van der Waals surface area contributed by atoms with Crippen molar-refractivity contribution in [1.82, 2.24) is 10.6 Å². The monoisotopic (exact) mass is 369 g/mol. The first kappa shape index (κ1) is 20.0. The van der Waals surface area contributed by atoms with Crippen molar-refractivity contribution in [3.8, 4) is 0 Å². The van der Waals surface area contributed by atoms with Crippen LogP contribution in [0.15, 0.2) is 35.5 Å². The molecule has 2 rings (SSSR count). The lowest BCUT2D eigenvalue weighted by Crippen LogP contribution is -2.40. The number of alkyl halides is 3. The Kier molecular flexibility index (Phi) is 6.42. The Morgan fingerprint density at radius 3 is 2.69 bits per heavy atom. The zero-order chi connectivity index (χ0) is 19.3. The van der Waals surface area contributed by atoms with E-state index in [4.69, 9.17) is 10.1 Å². The fourth-order valence-electron chi connectivity index (χ4n) is 2.76. The van der Waals surface area contributed by atoms with Gasteiger partial charge in [-0.15, -0.1) is 0 Å². The number of esters is 1. The van der Waals surface area contributed by atoms with Gasteiger partial charge in [-0.2, -0.15) is 13.2 Å². The lowest BCUT2D eigenvalue weighted by atomic mass is 9.96. The largest absolute Gasteiger partial charge is 0.461 e. The molecule has 0 radical (unpaired) electrons. The summed E-state index contributed by atoms with van der Waals surface area (Å²) in [7, 11) is 0. The number of rotatable bonds is 5. The van der Waals surface area contributed by atoms with Crippen LogP contribution < -0.4 is 10.6 Å². The van der Waals surface area contributed by atoms with E-state index in [-0.39, 0.29) is 42.7 Å². The Balaban J connectivity index is 2.30. The van der Waals surface area contributed by atoms with Crippen molar-refractivity contribution in [2.24, 2.45) is 0 Å². The first-order valence-corrected chi connectivity index (χ1v) is 8.34. The van der Waals surface area contributed by atoms with Crippen LogP contribution in [0, 0.1) is 5.41 Å². The van der Waals surface area contributed by atoms with Gasteiger partial charge >= 0.3 is 12.1 Å². The Labute approximate surface area is 150 Å². The van der Waals surface area contributed by atoms with E-state index in [2.05, 4.69) is 10.6 Å². The lowest BCUT2D eigenvalue weighted by molar-refractivity contribution is -0.139. The summed E-state index contributed by atoms with van der Waals surface area (Å²) in [6.45, 7) is 3.78. The third kappa shape index (κ3) is 4.85. The zero-order valence-corrected chi connectivity index (χ0v) is 14.7. The van der Waals surface area contributed by atoms with Crippen molar-refractivity contribution in [3.63, 3.8) is 0 Å². The third-order valence-corrected chi connectivity index (χ3v) is 4.06. The van der Waals surface area contributed by atoms with Gasteiger partial charge in [-0.3, -0.25) is 0 Å². The van der Waals surface area contributed by atoms with E-state index < -0.39 is 17.7 Å². The predicted octanol–water partition coefficient (Wildman–Crippen LogP) is 3.01. The van der Waals surface area contributed by atoms with Gasteiger partial charge < -0.3 is 20.8 Å². The lowest BCUT2D eigenvalue weighted by Gasteiger charge is -2.26. The number of carbonyl (C=O) groups excluding carboxylic acids is 1. The molecule has 1 atom stereocenters. The molecule has 142 valence electrons. The fraction of sp³-hybridized carbons (Fsp3) is 0.444. The summed E-state index contributed by atoms with van der Waals surface area (Å²) < 4.78 is 44.4. The third-order valence-electron chi connectivity index (χ3n) is 4.06. The van der Waals surface area contributed by atoms with Crippen LogP contribution in [0.25, 0.3) is 0 Å². The van der Waals surface area contributed by atoms with Crippen LogP contribution in [-0.2, 0) is 22.3 Å². The molecule has 1 heterocycles. The van der Waals surface area contributed by atoms with Crippen molar-refractivity contribution in [1.29, 1.82) is 5.41 Å². The van der Waals surface area contributed by atoms with Gasteiger partial charge in [-0.05, 0) is 25.5 Å². The second kappa shape index (κ2) is 8.35. The standard InChI is InChI=1S/C18H22F3N3O2/c1-3-26-17(25)16(13-10-23-11(2)8-15(13)22)24-9-12-6-4-5-7-14(12)18(19,20)21/h4-7,11,22-24H,3,8-10H2,1-2H3/b16-13-,22-15?/t11-/m1/s1. The van der Waals surface area contributed by atoms with E-state index in [9.17, 15) is 18.0 Å². The molecule has 0 aliphatic carbocycles. The van der Waals surface area contributed by atoms with Crippen LogP contribution >= 0.6 is 0 Å². The average Bonchev–Trinajstić information content (AvgIpc) is 2.56. The van der Waals surface area contributed by atoms with E-state index in [1.54, 1.807) is 6.92 Å². The van der Waals surface area contributed by atoms with E-state index in [0.29, 0.717) is 12.0 Å². The maximum atomic E-state index is 13.1. The molecule has 1 saturated heterocycles. The summed E-state index contributed by atoms with van der Waals surface area (Å²) >= 11 is 0. The predicted molar refractivity (Wildman–Crippen MR) is 91.8 cm³/mol. The van der Waals surface area contributed by atoms with Gasteiger partial charge in [0.2, 0.25) is 0 Å². The van der Waals surface area contributed by atoms with E-state index >= 15 is 0 Å². The number of benzene rings is 1. The SMILES string of the molecule is CCOC(=O)/C(NCc1ccccc1C(F)(F)F)=C1\CN[C@H](C)CC1=N. The molecule has 1 aliphatic rings. The molecule has 0 amide bonds. The van der Waals surface area contributed by atoms with Crippen molar-refractivity contribution >= 4 is 11.7 Å². The van der Waals surface area contributed by atoms with Crippen LogP contribution in [0.1, 0.15) is 31.4 Å². The minimum Gasteiger partial charge on any atom is -0.461 e. The number of hydrogen-bond donors (Lipinski definition) is 3. The van der Waals surface area contributed by atoms with Crippen molar-refractivity contribution in [2.75, 3.05) is 13.2 Å². The summed E-state index contributed by atoms with van der Waals surface area (Å²) in [5.74, 6) is -0.673. The number of hydrogen-bond acceptors (Lipinski definition) is 5. The van der Waals surface area contributed by atoms with Gasteiger partial charge in [-0.1, -0.05) is 18.2 Å². The molecule has 1 aromatic rings. The van der Waals surface area contributed by atoms with Crippen molar-refractivity contribution < 1.29 is 22.7 Å². The average molecular weight is 369 g/mol. The summed E-state index contributed by atoms with van der Waals surface area (Å²) in [6, 6.07) is 5.28. The van der Waals surface area contributed by atoms with Crippen molar-refractivity contribution in [2.45, 2.75) is 39.0 Å². The highest BCUT2D eigenvalue weighted by Gasteiger charge is 2.33. The highest BCUT2D eigenvalue weighted by molar-refractivity contribution is 6.06. The van der Waals surface area contributed by atoms with Gasteiger partial charge in [0.05, 0.1) is 12.2 Å². The van der Waals surface area contributed by atoms with Gasteiger partial charge in [-0.25, -0.2) is 4.79 Å². The second-order valence-electron chi connectivity index (χ2n) is 6.05. The molecule has 8 heteroatoms. The van der Waals surface area contributed by atoms with E-state index in [0.717, 1.165) is 6.07 Å². The molecule has 0 saturated carbocycles.